The van der Waals surface area contributed by atoms with Gasteiger partial charge >= 0.3 is 6.18 Å². The first kappa shape index (κ1) is 11.5. The number of aryl methyl sites for hydroxylation is 1. The lowest BCUT2D eigenvalue weighted by Crippen LogP contribution is -2.08. The monoisotopic (exact) mass is 239 g/mol. The van der Waals surface area contributed by atoms with Crippen molar-refractivity contribution in [2.75, 3.05) is 0 Å². The molecule has 0 spiro atoms. The van der Waals surface area contributed by atoms with Crippen LogP contribution in [0, 0.1) is 6.92 Å². The lowest BCUT2D eigenvalue weighted by Gasteiger charge is -2.10. The maximum absolute atomic E-state index is 12.7. The minimum absolute atomic E-state index is 0.0625. The molecule has 2 heterocycles. The van der Waals surface area contributed by atoms with Crippen LogP contribution in [-0.4, -0.2) is 15.2 Å². The molecule has 0 saturated carbocycles. The molecule has 0 aliphatic carbocycles. The van der Waals surface area contributed by atoms with E-state index < -0.39 is 11.7 Å². The normalized spacial score (nSPS) is 11.5. The standard InChI is InChI=1S/C11H8F3N3/c1-7-2-3-10(17-16-7)8-6-15-5-4-9(8)11(12,13)14/h2-6H,1H3. The van der Waals surface area contributed by atoms with E-state index in [-0.39, 0.29) is 11.3 Å². The Hall–Kier alpha value is -1.98. The van der Waals surface area contributed by atoms with Crippen LogP contribution in [0.15, 0.2) is 30.6 Å². The van der Waals surface area contributed by atoms with Gasteiger partial charge in [-0.05, 0) is 25.1 Å². The number of halogens is 3. The van der Waals surface area contributed by atoms with Gasteiger partial charge in [0.05, 0.1) is 17.0 Å². The van der Waals surface area contributed by atoms with E-state index in [1.54, 1.807) is 13.0 Å². The first-order chi connectivity index (χ1) is 7.98. The van der Waals surface area contributed by atoms with Crippen molar-refractivity contribution in [2.24, 2.45) is 0 Å². The molecule has 0 aliphatic rings. The van der Waals surface area contributed by atoms with Gasteiger partial charge in [0.2, 0.25) is 0 Å². The molecule has 0 aliphatic heterocycles. The number of aromatic nitrogens is 3. The lowest BCUT2D eigenvalue weighted by atomic mass is 10.1. The number of hydrogen-bond donors (Lipinski definition) is 0. The number of hydrogen-bond acceptors (Lipinski definition) is 3. The van der Waals surface area contributed by atoms with Crippen LogP contribution in [0.1, 0.15) is 11.3 Å². The quantitative estimate of drug-likeness (QED) is 0.768. The van der Waals surface area contributed by atoms with Crippen molar-refractivity contribution < 1.29 is 13.2 Å². The van der Waals surface area contributed by atoms with Crippen molar-refractivity contribution in [3.8, 4) is 11.3 Å². The zero-order chi connectivity index (χ0) is 12.5. The molecule has 0 bridgehead atoms. The zero-order valence-electron chi connectivity index (χ0n) is 8.86. The van der Waals surface area contributed by atoms with Crippen LogP contribution in [-0.2, 0) is 6.18 Å². The van der Waals surface area contributed by atoms with Crippen molar-refractivity contribution in [3.05, 3.63) is 41.9 Å². The van der Waals surface area contributed by atoms with E-state index in [1.807, 2.05) is 0 Å². The van der Waals surface area contributed by atoms with Crippen molar-refractivity contribution in [2.45, 2.75) is 13.1 Å². The van der Waals surface area contributed by atoms with Crippen molar-refractivity contribution in [1.29, 1.82) is 0 Å². The highest BCUT2D eigenvalue weighted by atomic mass is 19.4. The molecule has 17 heavy (non-hydrogen) atoms. The van der Waals surface area contributed by atoms with Crippen molar-refractivity contribution >= 4 is 0 Å². The van der Waals surface area contributed by atoms with Gasteiger partial charge in [-0.2, -0.15) is 23.4 Å². The molecule has 0 amide bonds. The molecule has 0 N–H and O–H groups in total. The van der Waals surface area contributed by atoms with Crippen LogP contribution >= 0.6 is 0 Å². The first-order valence-corrected chi connectivity index (χ1v) is 4.80. The fourth-order valence-electron chi connectivity index (χ4n) is 1.39. The average Bonchev–Trinajstić information content (AvgIpc) is 2.29. The highest BCUT2D eigenvalue weighted by Crippen LogP contribution is 2.35. The molecule has 0 saturated heterocycles. The highest BCUT2D eigenvalue weighted by Gasteiger charge is 2.33. The lowest BCUT2D eigenvalue weighted by molar-refractivity contribution is -0.137. The molecule has 3 nitrogen and oxygen atoms in total. The summed E-state index contributed by atoms with van der Waals surface area (Å²) in [5.41, 5.74) is -0.0135. The summed E-state index contributed by atoms with van der Waals surface area (Å²) in [6.07, 6.45) is -2.18. The third-order valence-corrected chi connectivity index (χ3v) is 2.20. The molecular formula is C11H8F3N3. The van der Waals surface area contributed by atoms with E-state index >= 15 is 0 Å². The predicted octanol–water partition coefficient (Wildman–Crippen LogP) is 2.87. The van der Waals surface area contributed by atoms with Gasteiger partial charge < -0.3 is 0 Å². The minimum atomic E-state index is -4.43. The Morgan fingerprint density at radius 1 is 1.06 bits per heavy atom. The molecule has 2 aromatic heterocycles. The molecule has 0 atom stereocenters. The summed E-state index contributed by atoms with van der Waals surface area (Å²) >= 11 is 0. The molecule has 6 heteroatoms. The van der Waals surface area contributed by atoms with Gasteiger partial charge in [-0.15, -0.1) is 0 Å². The van der Waals surface area contributed by atoms with Gasteiger partial charge in [-0.1, -0.05) is 0 Å². The molecule has 0 fully saturated rings. The van der Waals surface area contributed by atoms with Crippen LogP contribution in [0.2, 0.25) is 0 Å². The Kier molecular flexibility index (Phi) is 2.79. The Morgan fingerprint density at radius 3 is 2.41 bits per heavy atom. The van der Waals surface area contributed by atoms with Gasteiger partial charge in [0.1, 0.15) is 0 Å². The second-order valence-electron chi connectivity index (χ2n) is 3.48. The summed E-state index contributed by atoms with van der Waals surface area (Å²) in [7, 11) is 0. The predicted molar refractivity (Wildman–Crippen MR) is 55.0 cm³/mol. The number of pyridine rings is 1. The van der Waals surface area contributed by atoms with E-state index in [4.69, 9.17) is 0 Å². The number of nitrogens with zero attached hydrogens (tertiary/aromatic N) is 3. The van der Waals surface area contributed by atoms with Gasteiger partial charge in [-0.3, -0.25) is 4.98 Å². The molecule has 0 aromatic carbocycles. The largest absolute Gasteiger partial charge is 0.417 e. The summed E-state index contributed by atoms with van der Waals surface area (Å²) in [6, 6.07) is 4.03. The maximum Gasteiger partial charge on any atom is 0.417 e. The van der Waals surface area contributed by atoms with Crippen molar-refractivity contribution in [3.63, 3.8) is 0 Å². The zero-order valence-corrected chi connectivity index (χ0v) is 8.86. The molecular weight excluding hydrogens is 231 g/mol. The van der Waals surface area contributed by atoms with Crippen LogP contribution in [0.4, 0.5) is 13.2 Å². The van der Waals surface area contributed by atoms with Gasteiger partial charge in [-0.25, -0.2) is 0 Å². The SMILES string of the molecule is Cc1ccc(-c2cnccc2C(F)(F)F)nn1. The molecule has 0 radical (unpaired) electrons. The summed E-state index contributed by atoms with van der Waals surface area (Å²) in [6.45, 7) is 1.71. The van der Waals surface area contributed by atoms with E-state index in [0.29, 0.717) is 5.69 Å². The number of rotatable bonds is 1. The second-order valence-corrected chi connectivity index (χ2v) is 3.48. The van der Waals surface area contributed by atoms with Crippen LogP contribution in [0.3, 0.4) is 0 Å². The first-order valence-electron chi connectivity index (χ1n) is 4.80. The topological polar surface area (TPSA) is 38.7 Å². The van der Waals surface area contributed by atoms with Crippen LogP contribution in [0.25, 0.3) is 11.3 Å². The fraction of sp³-hybridized carbons (Fsp3) is 0.182. The molecule has 0 unspecified atom stereocenters. The third kappa shape index (κ3) is 2.41. The van der Waals surface area contributed by atoms with Gasteiger partial charge in [0, 0.05) is 18.0 Å². The van der Waals surface area contributed by atoms with E-state index in [0.717, 1.165) is 18.5 Å². The van der Waals surface area contributed by atoms with E-state index in [2.05, 4.69) is 15.2 Å². The third-order valence-electron chi connectivity index (χ3n) is 2.20. The van der Waals surface area contributed by atoms with Crippen LogP contribution < -0.4 is 0 Å². The Morgan fingerprint density at radius 2 is 1.82 bits per heavy atom. The Balaban J connectivity index is 2.56. The fourth-order valence-corrected chi connectivity index (χ4v) is 1.39. The minimum Gasteiger partial charge on any atom is -0.264 e. The van der Waals surface area contributed by atoms with Crippen molar-refractivity contribution in [1.82, 2.24) is 15.2 Å². The molecule has 2 aromatic rings. The van der Waals surface area contributed by atoms with E-state index in [9.17, 15) is 13.2 Å². The average molecular weight is 239 g/mol. The summed E-state index contributed by atoms with van der Waals surface area (Å²) in [5.74, 6) is 0. The Bertz CT molecular complexity index is 520. The molecule has 88 valence electrons. The summed E-state index contributed by atoms with van der Waals surface area (Å²) < 4.78 is 38.2. The highest BCUT2D eigenvalue weighted by molar-refractivity contribution is 5.62. The van der Waals surface area contributed by atoms with Crippen LogP contribution in [0.5, 0.6) is 0 Å². The number of alkyl halides is 3. The van der Waals surface area contributed by atoms with Gasteiger partial charge in [0.15, 0.2) is 0 Å². The maximum atomic E-state index is 12.7. The smallest absolute Gasteiger partial charge is 0.264 e. The van der Waals surface area contributed by atoms with E-state index in [1.165, 1.54) is 6.07 Å². The Labute approximate surface area is 95.3 Å². The summed E-state index contributed by atoms with van der Waals surface area (Å²) in [5, 5.41) is 7.47. The second kappa shape index (κ2) is 4.12. The summed E-state index contributed by atoms with van der Waals surface area (Å²) in [4.78, 5) is 3.69. The van der Waals surface area contributed by atoms with Gasteiger partial charge in [0.25, 0.3) is 0 Å². The molecule has 2 rings (SSSR count).